The molecule has 0 bridgehead atoms. The molecule has 0 heterocycles. The molecule has 0 saturated heterocycles. The number of fused-ring (bicyclic) bond motifs is 3. The molecular weight excluding hydrogens is 492 g/mol. The maximum absolute atomic E-state index is 2.57. The molecule has 0 nitrogen and oxygen atoms in total. The van der Waals surface area contributed by atoms with Crippen molar-refractivity contribution < 1.29 is 0 Å². The summed E-state index contributed by atoms with van der Waals surface area (Å²) in [5.74, 6) is 0. The normalized spacial score (nSPS) is 13.3. The zero-order valence-electron chi connectivity index (χ0n) is 26.1. The smallest absolute Gasteiger partial charge is 0.0215 e. The SMILES string of the molecule is CCCCCCCC1(CCCCCCC)c2cc(-c3ccc(C)cc3)ccc2-c2ccc(-c3ccc(C)cc3)cc21. The molecule has 4 aromatic rings. The summed E-state index contributed by atoms with van der Waals surface area (Å²) in [6.07, 6.45) is 15.8. The first kappa shape index (κ1) is 29.4. The van der Waals surface area contributed by atoms with Crippen molar-refractivity contribution in [2.75, 3.05) is 0 Å². The van der Waals surface area contributed by atoms with Gasteiger partial charge < -0.3 is 0 Å². The van der Waals surface area contributed by atoms with E-state index in [4.69, 9.17) is 0 Å². The molecule has 1 aliphatic carbocycles. The van der Waals surface area contributed by atoms with Crippen molar-refractivity contribution in [2.45, 2.75) is 110 Å². The molecule has 0 aromatic heterocycles. The first-order valence-corrected chi connectivity index (χ1v) is 16.5. The fraction of sp³-hybridized carbons (Fsp3) is 0.415. The predicted molar refractivity (Wildman–Crippen MR) is 180 cm³/mol. The summed E-state index contributed by atoms with van der Waals surface area (Å²) in [7, 11) is 0. The van der Waals surface area contributed by atoms with E-state index in [-0.39, 0.29) is 5.41 Å². The zero-order valence-corrected chi connectivity index (χ0v) is 26.1. The third-order valence-electron chi connectivity index (χ3n) is 9.54. The van der Waals surface area contributed by atoms with Gasteiger partial charge in [0.2, 0.25) is 0 Å². The maximum atomic E-state index is 2.57. The number of rotatable bonds is 14. The average molecular weight is 543 g/mol. The van der Waals surface area contributed by atoms with Crippen molar-refractivity contribution in [3.8, 4) is 33.4 Å². The van der Waals surface area contributed by atoms with Crippen LogP contribution in [0.15, 0.2) is 84.9 Å². The fourth-order valence-electron chi connectivity index (χ4n) is 7.07. The van der Waals surface area contributed by atoms with Crippen molar-refractivity contribution in [3.05, 3.63) is 107 Å². The van der Waals surface area contributed by atoms with E-state index in [0.717, 1.165) is 0 Å². The Labute approximate surface area is 250 Å². The largest absolute Gasteiger partial charge is 0.0654 e. The zero-order chi connectivity index (χ0) is 28.7. The van der Waals surface area contributed by atoms with Crippen LogP contribution in [0.3, 0.4) is 0 Å². The highest BCUT2D eigenvalue weighted by molar-refractivity contribution is 5.86. The third kappa shape index (κ3) is 6.53. The summed E-state index contributed by atoms with van der Waals surface area (Å²) in [5.41, 5.74) is 14.2. The summed E-state index contributed by atoms with van der Waals surface area (Å²) in [4.78, 5) is 0. The number of benzene rings is 4. The van der Waals surface area contributed by atoms with Crippen molar-refractivity contribution in [1.29, 1.82) is 0 Å². The molecule has 0 saturated carbocycles. The first-order valence-electron chi connectivity index (χ1n) is 16.5. The molecule has 5 rings (SSSR count). The van der Waals surface area contributed by atoms with Crippen LogP contribution >= 0.6 is 0 Å². The summed E-state index contributed by atoms with van der Waals surface area (Å²) in [5, 5.41) is 0. The van der Waals surface area contributed by atoms with E-state index in [1.165, 1.54) is 122 Å². The van der Waals surface area contributed by atoms with Crippen LogP contribution in [0.2, 0.25) is 0 Å². The van der Waals surface area contributed by atoms with E-state index < -0.39 is 0 Å². The van der Waals surface area contributed by atoms with Crippen molar-refractivity contribution >= 4 is 0 Å². The number of hydrogen-bond donors (Lipinski definition) is 0. The lowest BCUT2D eigenvalue weighted by Crippen LogP contribution is -2.25. The Morgan fingerprint density at radius 2 is 0.780 bits per heavy atom. The highest BCUT2D eigenvalue weighted by Gasteiger charge is 2.42. The van der Waals surface area contributed by atoms with E-state index in [1.807, 2.05) is 0 Å². The minimum atomic E-state index is 0.0878. The molecule has 0 fully saturated rings. The molecule has 0 radical (unpaired) electrons. The quantitative estimate of drug-likeness (QED) is 0.139. The lowest BCUT2D eigenvalue weighted by molar-refractivity contribution is 0.399. The van der Waals surface area contributed by atoms with Crippen LogP contribution in [0.25, 0.3) is 33.4 Å². The van der Waals surface area contributed by atoms with Crippen LogP contribution in [-0.4, -0.2) is 0 Å². The fourth-order valence-corrected chi connectivity index (χ4v) is 7.07. The van der Waals surface area contributed by atoms with Crippen LogP contribution in [0, 0.1) is 13.8 Å². The molecule has 4 aromatic carbocycles. The Hall–Kier alpha value is -3.12. The van der Waals surface area contributed by atoms with Gasteiger partial charge in [0, 0.05) is 5.41 Å². The van der Waals surface area contributed by atoms with Crippen LogP contribution in [0.4, 0.5) is 0 Å². The van der Waals surface area contributed by atoms with Gasteiger partial charge in [-0.25, -0.2) is 0 Å². The predicted octanol–water partition coefficient (Wildman–Crippen LogP) is 12.6. The number of unbranched alkanes of at least 4 members (excludes halogenated alkanes) is 8. The molecule has 0 atom stereocenters. The molecule has 41 heavy (non-hydrogen) atoms. The summed E-state index contributed by atoms with van der Waals surface area (Å²) in [6.45, 7) is 8.99. The second-order valence-corrected chi connectivity index (χ2v) is 12.7. The Morgan fingerprint density at radius 3 is 1.17 bits per heavy atom. The van der Waals surface area contributed by atoms with Crippen LogP contribution < -0.4 is 0 Å². The molecule has 1 aliphatic rings. The van der Waals surface area contributed by atoms with Crippen molar-refractivity contribution in [2.24, 2.45) is 0 Å². The maximum Gasteiger partial charge on any atom is 0.0215 e. The van der Waals surface area contributed by atoms with Crippen molar-refractivity contribution in [1.82, 2.24) is 0 Å². The van der Waals surface area contributed by atoms with E-state index in [1.54, 1.807) is 11.1 Å². The molecular formula is C41H50. The highest BCUT2D eigenvalue weighted by Crippen LogP contribution is 2.55. The monoisotopic (exact) mass is 542 g/mol. The van der Waals surface area contributed by atoms with Gasteiger partial charge in [0.1, 0.15) is 0 Å². The van der Waals surface area contributed by atoms with Crippen LogP contribution in [-0.2, 0) is 5.41 Å². The summed E-state index contributed by atoms with van der Waals surface area (Å²) < 4.78 is 0. The van der Waals surface area contributed by atoms with Gasteiger partial charge in [0.25, 0.3) is 0 Å². The number of hydrogen-bond acceptors (Lipinski definition) is 0. The van der Waals surface area contributed by atoms with Crippen LogP contribution in [0.5, 0.6) is 0 Å². The van der Waals surface area contributed by atoms with Gasteiger partial charge in [-0.3, -0.25) is 0 Å². The Morgan fingerprint density at radius 1 is 0.415 bits per heavy atom. The lowest BCUT2D eigenvalue weighted by atomic mass is 9.70. The summed E-state index contributed by atoms with van der Waals surface area (Å²) in [6, 6.07) is 32.9. The molecule has 0 aliphatic heterocycles. The van der Waals surface area contributed by atoms with E-state index >= 15 is 0 Å². The molecule has 0 N–H and O–H groups in total. The van der Waals surface area contributed by atoms with Gasteiger partial charge in [0.15, 0.2) is 0 Å². The van der Waals surface area contributed by atoms with Gasteiger partial charge in [-0.2, -0.15) is 0 Å². The number of aryl methyl sites for hydroxylation is 2. The summed E-state index contributed by atoms with van der Waals surface area (Å²) >= 11 is 0. The first-order chi connectivity index (χ1) is 20.1. The highest BCUT2D eigenvalue weighted by atomic mass is 14.5. The molecule has 214 valence electrons. The lowest BCUT2D eigenvalue weighted by Gasteiger charge is -2.33. The van der Waals surface area contributed by atoms with E-state index in [2.05, 4.69) is 113 Å². The van der Waals surface area contributed by atoms with E-state index in [9.17, 15) is 0 Å². The second kappa shape index (κ2) is 13.7. The Bertz CT molecular complexity index is 1290. The average Bonchev–Trinajstić information content (AvgIpc) is 3.26. The van der Waals surface area contributed by atoms with Crippen LogP contribution in [0.1, 0.15) is 113 Å². The minimum absolute atomic E-state index is 0.0878. The topological polar surface area (TPSA) is 0 Å². The van der Waals surface area contributed by atoms with Gasteiger partial charge in [-0.15, -0.1) is 0 Å². The molecule has 0 spiro atoms. The molecule has 0 amide bonds. The van der Waals surface area contributed by atoms with Gasteiger partial charge >= 0.3 is 0 Å². The Kier molecular flexibility index (Phi) is 9.81. The van der Waals surface area contributed by atoms with Gasteiger partial charge in [-0.05, 0) is 83.3 Å². The van der Waals surface area contributed by atoms with Gasteiger partial charge in [-0.1, -0.05) is 162 Å². The molecule has 0 unspecified atom stereocenters. The van der Waals surface area contributed by atoms with Crippen molar-refractivity contribution in [3.63, 3.8) is 0 Å². The minimum Gasteiger partial charge on any atom is -0.0654 e. The van der Waals surface area contributed by atoms with Gasteiger partial charge in [0.05, 0.1) is 0 Å². The Balaban J connectivity index is 1.61. The second-order valence-electron chi connectivity index (χ2n) is 12.7. The van der Waals surface area contributed by atoms with E-state index in [0.29, 0.717) is 0 Å². The standard InChI is InChI=1S/C41H50/c1-5-7-9-11-13-27-41(28-14-12-10-8-6-2)39-29-35(33-19-15-31(3)16-20-33)23-25-37(39)38-26-24-36(30-40(38)41)34-21-17-32(4)18-22-34/h15-26,29-30H,5-14,27-28H2,1-4H3. The molecule has 0 heteroatoms. The third-order valence-corrected chi connectivity index (χ3v) is 9.54.